The lowest BCUT2D eigenvalue weighted by Crippen LogP contribution is -1.99. The van der Waals surface area contributed by atoms with Gasteiger partial charge in [0.15, 0.2) is 25.6 Å². The van der Waals surface area contributed by atoms with Crippen LogP contribution in [0.1, 0.15) is 0 Å². The second kappa shape index (κ2) is 7.34. The van der Waals surface area contributed by atoms with E-state index >= 15 is 0 Å². The number of hydrogen-bond donors (Lipinski definition) is 2. The molecule has 0 aliphatic heterocycles. The summed E-state index contributed by atoms with van der Waals surface area (Å²) in [6.07, 6.45) is 2.62. The van der Waals surface area contributed by atoms with Crippen LogP contribution in [0.2, 0.25) is 5.02 Å². The molecular formula is C18H14ClN5O2S2. The van der Waals surface area contributed by atoms with E-state index in [-0.39, 0.29) is 4.90 Å². The largest absolute Gasteiger partial charge is 0.338 e. The third-order valence-electron chi connectivity index (χ3n) is 3.86. The van der Waals surface area contributed by atoms with E-state index in [0.29, 0.717) is 32.0 Å². The van der Waals surface area contributed by atoms with Gasteiger partial charge in [0.25, 0.3) is 0 Å². The normalized spacial score (nSPS) is 11.5. The molecule has 4 rings (SSSR count). The molecule has 4 aromatic rings. The van der Waals surface area contributed by atoms with Crippen molar-refractivity contribution < 1.29 is 8.42 Å². The predicted octanol–water partition coefficient (Wildman–Crippen LogP) is 4.63. The fourth-order valence-electron chi connectivity index (χ4n) is 2.50. The molecule has 7 nitrogen and oxygen atoms in total. The number of thiazole rings is 1. The molecule has 2 aromatic carbocycles. The van der Waals surface area contributed by atoms with Gasteiger partial charge in [-0.15, -0.1) is 0 Å². The molecule has 2 aromatic heterocycles. The van der Waals surface area contributed by atoms with E-state index < -0.39 is 9.84 Å². The average Bonchev–Trinajstić information content (AvgIpc) is 3.07. The van der Waals surface area contributed by atoms with Crippen molar-refractivity contribution in [1.29, 1.82) is 0 Å². The Morgan fingerprint density at radius 1 is 1.00 bits per heavy atom. The number of halogens is 1. The van der Waals surface area contributed by atoms with Crippen molar-refractivity contribution in [3.05, 3.63) is 59.9 Å². The number of fused-ring (bicyclic) bond motifs is 1. The first-order chi connectivity index (χ1) is 13.4. The monoisotopic (exact) mass is 431 g/mol. The maximum absolute atomic E-state index is 11.6. The first kappa shape index (κ1) is 18.6. The van der Waals surface area contributed by atoms with Crippen molar-refractivity contribution in [3.8, 4) is 0 Å². The molecule has 0 bridgehead atoms. The van der Waals surface area contributed by atoms with Crippen LogP contribution in [0.3, 0.4) is 0 Å². The third kappa shape index (κ3) is 3.91. The Morgan fingerprint density at radius 2 is 1.75 bits per heavy atom. The molecule has 0 spiro atoms. The van der Waals surface area contributed by atoms with Crippen LogP contribution in [0, 0.1) is 0 Å². The van der Waals surface area contributed by atoms with E-state index in [1.54, 1.807) is 30.3 Å². The number of anilines is 4. The van der Waals surface area contributed by atoms with E-state index in [4.69, 9.17) is 11.6 Å². The minimum absolute atomic E-state index is 0.255. The number of aromatic nitrogens is 3. The molecule has 0 atom stereocenters. The quantitative estimate of drug-likeness (QED) is 0.475. The lowest BCUT2D eigenvalue weighted by atomic mass is 10.3. The highest BCUT2D eigenvalue weighted by atomic mass is 35.5. The molecule has 2 N–H and O–H groups in total. The van der Waals surface area contributed by atoms with Crippen LogP contribution in [0.25, 0.3) is 10.3 Å². The number of rotatable bonds is 5. The van der Waals surface area contributed by atoms with Gasteiger partial charge in [0.1, 0.15) is 11.8 Å². The van der Waals surface area contributed by atoms with Crippen molar-refractivity contribution in [3.63, 3.8) is 0 Å². The fourth-order valence-corrected chi connectivity index (χ4v) is 4.13. The van der Waals surface area contributed by atoms with Crippen LogP contribution >= 0.6 is 22.9 Å². The van der Waals surface area contributed by atoms with Gasteiger partial charge >= 0.3 is 0 Å². The van der Waals surface area contributed by atoms with Crippen molar-refractivity contribution in [1.82, 2.24) is 15.0 Å². The number of hydrogen-bond acceptors (Lipinski definition) is 8. The molecule has 0 radical (unpaired) electrons. The Hall–Kier alpha value is -2.75. The molecule has 10 heteroatoms. The Bertz CT molecular complexity index is 1260. The topological polar surface area (TPSA) is 96.9 Å². The van der Waals surface area contributed by atoms with Crippen molar-refractivity contribution in [2.24, 2.45) is 0 Å². The summed E-state index contributed by atoms with van der Waals surface area (Å²) in [5.41, 5.74) is 2.05. The average molecular weight is 432 g/mol. The van der Waals surface area contributed by atoms with E-state index in [1.165, 1.54) is 23.9 Å². The molecule has 0 fully saturated rings. The predicted molar refractivity (Wildman–Crippen MR) is 113 cm³/mol. The number of para-hydroxylation sites is 1. The minimum Gasteiger partial charge on any atom is -0.338 e. The molecule has 0 saturated heterocycles. The van der Waals surface area contributed by atoms with Gasteiger partial charge in [-0.25, -0.2) is 23.4 Å². The minimum atomic E-state index is -3.24. The molecule has 0 aliphatic carbocycles. The zero-order valence-electron chi connectivity index (χ0n) is 14.5. The summed E-state index contributed by atoms with van der Waals surface area (Å²) in [4.78, 5) is 14.1. The number of nitrogens with one attached hydrogen (secondary N) is 2. The summed E-state index contributed by atoms with van der Waals surface area (Å²) in [6.45, 7) is 0. The zero-order chi connectivity index (χ0) is 19.7. The molecule has 0 unspecified atom stereocenters. The summed E-state index contributed by atoms with van der Waals surface area (Å²) in [5.74, 6) is 0.528. The number of nitrogens with zero attached hydrogens (tertiary/aromatic N) is 3. The Morgan fingerprint density at radius 3 is 2.46 bits per heavy atom. The van der Waals surface area contributed by atoms with Crippen LogP contribution in [0.15, 0.2) is 59.8 Å². The second-order valence-corrected chi connectivity index (χ2v) is 9.32. The summed E-state index contributed by atoms with van der Waals surface area (Å²) in [6, 6.07) is 13.8. The lowest BCUT2D eigenvalue weighted by Gasteiger charge is -2.06. The SMILES string of the molecule is CS(=O)(=O)c1ccc(Nc2ncnc3sc(Nc4ccccc4Cl)nc23)cc1. The summed E-state index contributed by atoms with van der Waals surface area (Å²) < 4.78 is 23.2. The molecule has 0 aliphatic rings. The van der Waals surface area contributed by atoms with Crippen LogP contribution < -0.4 is 10.6 Å². The fraction of sp³-hybridized carbons (Fsp3) is 0.0556. The molecule has 142 valence electrons. The van der Waals surface area contributed by atoms with E-state index in [2.05, 4.69) is 25.6 Å². The summed E-state index contributed by atoms with van der Waals surface area (Å²) in [5, 5.41) is 7.58. The highest BCUT2D eigenvalue weighted by Crippen LogP contribution is 2.33. The standard InChI is InChI=1S/C18H14ClN5O2S2/c1-28(25,26)12-8-6-11(7-9-12)22-16-15-17(21-10-20-16)27-18(24-15)23-14-5-3-2-4-13(14)19/h2-10H,1H3,(H,23,24)(H,20,21,22). The maximum Gasteiger partial charge on any atom is 0.189 e. The molecule has 0 saturated carbocycles. The smallest absolute Gasteiger partial charge is 0.189 e. The van der Waals surface area contributed by atoms with Gasteiger partial charge in [-0.3, -0.25) is 0 Å². The highest BCUT2D eigenvalue weighted by molar-refractivity contribution is 7.90. The van der Waals surface area contributed by atoms with E-state index in [0.717, 1.165) is 5.69 Å². The van der Waals surface area contributed by atoms with Gasteiger partial charge in [-0.05, 0) is 36.4 Å². The van der Waals surface area contributed by atoms with Crippen molar-refractivity contribution in [2.75, 3.05) is 16.9 Å². The molecular weight excluding hydrogens is 418 g/mol. The van der Waals surface area contributed by atoms with Gasteiger partial charge in [-0.1, -0.05) is 35.1 Å². The van der Waals surface area contributed by atoms with Crippen molar-refractivity contribution >= 4 is 65.4 Å². The van der Waals surface area contributed by atoms with Gasteiger partial charge < -0.3 is 10.6 Å². The highest BCUT2D eigenvalue weighted by Gasteiger charge is 2.13. The van der Waals surface area contributed by atoms with Crippen LogP contribution in [0.5, 0.6) is 0 Å². The van der Waals surface area contributed by atoms with Crippen molar-refractivity contribution in [2.45, 2.75) is 4.90 Å². The maximum atomic E-state index is 11.6. The molecule has 0 amide bonds. The van der Waals surface area contributed by atoms with E-state index in [1.807, 2.05) is 18.2 Å². The van der Waals surface area contributed by atoms with Crippen LogP contribution in [-0.4, -0.2) is 29.6 Å². The Balaban J connectivity index is 1.63. The van der Waals surface area contributed by atoms with E-state index in [9.17, 15) is 8.42 Å². The van der Waals surface area contributed by atoms with Gasteiger partial charge in [0.05, 0.1) is 15.6 Å². The molecule has 2 heterocycles. The Kier molecular flexibility index (Phi) is 4.88. The second-order valence-electron chi connectivity index (χ2n) is 5.92. The van der Waals surface area contributed by atoms with Gasteiger partial charge in [-0.2, -0.15) is 0 Å². The summed E-state index contributed by atoms with van der Waals surface area (Å²) >= 11 is 7.57. The molecule has 28 heavy (non-hydrogen) atoms. The lowest BCUT2D eigenvalue weighted by molar-refractivity contribution is 0.602. The summed E-state index contributed by atoms with van der Waals surface area (Å²) in [7, 11) is -3.24. The van der Waals surface area contributed by atoms with Crippen LogP contribution in [0.4, 0.5) is 22.3 Å². The first-order valence-corrected chi connectivity index (χ1v) is 11.2. The van der Waals surface area contributed by atoms with Crippen LogP contribution in [-0.2, 0) is 9.84 Å². The number of benzene rings is 2. The number of sulfone groups is 1. The first-order valence-electron chi connectivity index (χ1n) is 8.10. The van der Waals surface area contributed by atoms with Gasteiger partial charge in [0.2, 0.25) is 0 Å². The Labute approximate surface area is 170 Å². The van der Waals surface area contributed by atoms with Gasteiger partial charge in [0, 0.05) is 11.9 Å². The zero-order valence-corrected chi connectivity index (χ0v) is 16.9. The third-order valence-corrected chi connectivity index (χ3v) is 6.19.